The number of hydrogen-bond acceptors (Lipinski definition) is 4. The minimum absolute atomic E-state index is 0.0600. The van der Waals surface area contributed by atoms with Crippen LogP contribution in [0.1, 0.15) is 6.42 Å². The van der Waals surface area contributed by atoms with Crippen LogP contribution in [0, 0.1) is 0 Å². The first-order valence-corrected chi connectivity index (χ1v) is 7.15. The number of hydrogen-bond donors (Lipinski definition) is 1. The lowest BCUT2D eigenvalue weighted by Crippen LogP contribution is -2.44. The predicted octanol–water partition coefficient (Wildman–Crippen LogP) is -0.418. The molecule has 0 atom stereocenters. The number of nitrogens with one attached hydrogen (secondary N) is 1. The van der Waals surface area contributed by atoms with E-state index in [1.807, 2.05) is 0 Å². The van der Waals surface area contributed by atoms with Crippen molar-refractivity contribution in [2.24, 2.45) is 0 Å². The molecule has 0 aliphatic carbocycles. The molecule has 1 aliphatic heterocycles. The number of carbonyl (C=O) groups excluding carboxylic acids is 2. The minimum Gasteiger partial charge on any atom is -0.323 e. The summed E-state index contributed by atoms with van der Waals surface area (Å²) in [4.78, 5) is 23.7. The number of urea groups is 1. The number of imide groups is 1. The largest absolute Gasteiger partial charge is 0.324 e. The lowest BCUT2D eigenvalue weighted by molar-refractivity contribution is -0.117. The SMILES string of the molecule is O=C(CCl)NC(=O)N1CCCS(=O)(=O)CC1. The highest BCUT2D eigenvalue weighted by molar-refractivity contribution is 7.91. The van der Waals surface area contributed by atoms with Crippen molar-refractivity contribution in [2.75, 3.05) is 30.5 Å². The molecule has 0 saturated carbocycles. The third-order valence-electron chi connectivity index (χ3n) is 2.21. The van der Waals surface area contributed by atoms with Gasteiger partial charge < -0.3 is 4.90 Å². The van der Waals surface area contributed by atoms with E-state index < -0.39 is 21.8 Å². The molecule has 0 aromatic rings. The molecule has 8 heteroatoms. The highest BCUT2D eigenvalue weighted by Gasteiger charge is 2.23. The Morgan fingerprint density at radius 3 is 2.56 bits per heavy atom. The zero-order valence-electron chi connectivity index (χ0n) is 8.61. The monoisotopic (exact) mass is 268 g/mol. The zero-order valence-corrected chi connectivity index (χ0v) is 10.2. The van der Waals surface area contributed by atoms with Crippen molar-refractivity contribution in [3.8, 4) is 0 Å². The Hall–Kier alpha value is -0.820. The molecular weight excluding hydrogens is 256 g/mol. The molecule has 1 saturated heterocycles. The topological polar surface area (TPSA) is 83.6 Å². The van der Waals surface area contributed by atoms with Gasteiger partial charge in [-0.25, -0.2) is 13.2 Å². The van der Waals surface area contributed by atoms with Crippen molar-refractivity contribution < 1.29 is 18.0 Å². The number of rotatable bonds is 1. The first-order valence-electron chi connectivity index (χ1n) is 4.80. The highest BCUT2D eigenvalue weighted by atomic mass is 35.5. The summed E-state index contributed by atoms with van der Waals surface area (Å²) >= 11 is 5.23. The second-order valence-electron chi connectivity index (χ2n) is 3.48. The van der Waals surface area contributed by atoms with Gasteiger partial charge in [0.2, 0.25) is 5.91 Å². The summed E-state index contributed by atoms with van der Waals surface area (Å²) in [5, 5.41) is 2.08. The fourth-order valence-electron chi connectivity index (χ4n) is 1.37. The van der Waals surface area contributed by atoms with E-state index in [0.29, 0.717) is 13.0 Å². The molecule has 16 heavy (non-hydrogen) atoms. The zero-order chi connectivity index (χ0) is 12.2. The standard InChI is InChI=1S/C8H13ClN2O4S/c9-6-7(12)10-8(13)11-2-1-4-16(14,15)5-3-11/h1-6H2,(H,10,12,13). The quantitative estimate of drug-likeness (QED) is 0.655. The molecule has 0 aromatic carbocycles. The van der Waals surface area contributed by atoms with E-state index in [4.69, 9.17) is 11.6 Å². The van der Waals surface area contributed by atoms with Crippen molar-refractivity contribution in [1.82, 2.24) is 10.2 Å². The van der Waals surface area contributed by atoms with Crippen LogP contribution in [0.15, 0.2) is 0 Å². The first kappa shape index (κ1) is 13.2. The van der Waals surface area contributed by atoms with Crippen LogP contribution in [0.2, 0.25) is 0 Å². The Morgan fingerprint density at radius 1 is 1.25 bits per heavy atom. The van der Waals surface area contributed by atoms with E-state index in [1.165, 1.54) is 4.90 Å². The Kier molecular flexibility index (Phi) is 4.55. The van der Waals surface area contributed by atoms with Crippen LogP contribution in [0.5, 0.6) is 0 Å². The molecule has 6 nitrogen and oxygen atoms in total. The molecular formula is C8H13ClN2O4S. The highest BCUT2D eigenvalue weighted by Crippen LogP contribution is 2.04. The second-order valence-corrected chi connectivity index (χ2v) is 6.05. The third kappa shape index (κ3) is 3.97. The maximum absolute atomic E-state index is 11.5. The van der Waals surface area contributed by atoms with E-state index in [9.17, 15) is 18.0 Å². The molecule has 92 valence electrons. The summed E-state index contributed by atoms with van der Waals surface area (Å²) in [5.74, 6) is -0.855. The van der Waals surface area contributed by atoms with Crippen molar-refractivity contribution in [3.05, 3.63) is 0 Å². The van der Waals surface area contributed by atoms with E-state index in [1.54, 1.807) is 0 Å². The Bertz CT molecular complexity index is 381. The van der Waals surface area contributed by atoms with Gasteiger partial charge in [0.05, 0.1) is 11.5 Å². The van der Waals surface area contributed by atoms with E-state index >= 15 is 0 Å². The summed E-state index contributed by atoms with van der Waals surface area (Å²) in [5.41, 5.74) is 0. The average Bonchev–Trinajstić information content (AvgIpc) is 2.39. The maximum atomic E-state index is 11.5. The van der Waals surface area contributed by atoms with Crippen LogP contribution in [-0.2, 0) is 14.6 Å². The smallest absolute Gasteiger partial charge is 0.323 e. The fourth-order valence-corrected chi connectivity index (χ4v) is 2.71. The Labute approximate surface area is 98.8 Å². The second kappa shape index (κ2) is 5.49. The molecule has 3 amide bonds. The van der Waals surface area contributed by atoms with Crippen LogP contribution < -0.4 is 5.32 Å². The molecule has 1 fully saturated rings. The number of carbonyl (C=O) groups is 2. The lowest BCUT2D eigenvalue weighted by Gasteiger charge is -2.19. The molecule has 0 spiro atoms. The van der Waals surface area contributed by atoms with Gasteiger partial charge in [0.15, 0.2) is 9.84 Å². The van der Waals surface area contributed by atoms with Gasteiger partial charge in [0.25, 0.3) is 0 Å². The molecule has 0 unspecified atom stereocenters. The maximum Gasteiger partial charge on any atom is 0.324 e. The van der Waals surface area contributed by atoms with Gasteiger partial charge in [-0.3, -0.25) is 10.1 Å². The Balaban J connectivity index is 2.55. The van der Waals surface area contributed by atoms with Crippen molar-refractivity contribution >= 4 is 33.4 Å². The number of halogens is 1. The molecule has 1 N–H and O–H groups in total. The summed E-state index contributed by atoms with van der Waals surface area (Å²) in [6, 6.07) is -0.581. The van der Waals surface area contributed by atoms with Crippen LogP contribution in [-0.4, -0.2) is 55.7 Å². The van der Waals surface area contributed by atoms with Gasteiger partial charge in [-0.2, -0.15) is 0 Å². The number of nitrogens with zero attached hydrogens (tertiary/aromatic N) is 1. The number of sulfone groups is 1. The van der Waals surface area contributed by atoms with Gasteiger partial charge in [-0.15, -0.1) is 11.6 Å². The molecule has 1 heterocycles. The van der Waals surface area contributed by atoms with Gasteiger partial charge in [-0.05, 0) is 6.42 Å². The predicted molar refractivity (Wildman–Crippen MR) is 59.1 cm³/mol. The van der Waals surface area contributed by atoms with E-state index in [-0.39, 0.29) is 23.9 Å². The fraction of sp³-hybridized carbons (Fsp3) is 0.750. The van der Waals surface area contributed by atoms with Gasteiger partial charge in [-0.1, -0.05) is 0 Å². The summed E-state index contributed by atoms with van der Waals surface area (Å²) in [6.07, 6.45) is 0.394. The minimum atomic E-state index is -3.05. The van der Waals surface area contributed by atoms with Gasteiger partial charge >= 0.3 is 6.03 Å². The van der Waals surface area contributed by atoms with Crippen LogP contribution in [0.3, 0.4) is 0 Å². The molecule has 1 aliphatic rings. The molecule has 0 radical (unpaired) electrons. The van der Waals surface area contributed by atoms with E-state index in [2.05, 4.69) is 5.32 Å². The number of alkyl halides is 1. The Morgan fingerprint density at radius 2 is 1.94 bits per heavy atom. The average molecular weight is 269 g/mol. The van der Waals surface area contributed by atoms with Crippen molar-refractivity contribution in [3.63, 3.8) is 0 Å². The van der Waals surface area contributed by atoms with Crippen LogP contribution in [0.4, 0.5) is 4.79 Å². The molecule has 1 rings (SSSR count). The van der Waals surface area contributed by atoms with Gasteiger partial charge in [0.1, 0.15) is 5.88 Å². The van der Waals surface area contributed by atoms with Crippen LogP contribution in [0.25, 0.3) is 0 Å². The summed E-state index contributed by atoms with van der Waals surface area (Å²) in [6.45, 7) is 0.449. The van der Waals surface area contributed by atoms with Gasteiger partial charge in [0, 0.05) is 13.1 Å². The lowest BCUT2D eigenvalue weighted by atomic mass is 10.4. The summed E-state index contributed by atoms with van der Waals surface area (Å²) in [7, 11) is -3.05. The van der Waals surface area contributed by atoms with Crippen LogP contribution >= 0.6 is 11.6 Å². The summed E-state index contributed by atoms with van der Waals surface area (Å²) < 4.78 is 22.5. The van der Waals surface area contributed by atoms with Crippen molar-refractivity contribution in [2.45, 2.75) is 6.42 Å². The molecule has 0 aromatic heterocycles. The van der Waals surface area contributed by atoms with E-state index in [0.717, 1.165) is 0 Å². The first-order chi connectivity index (χ1) is 7.44. The molecule has 0 bridgehead atoms. The number of amides is 3. The normalized spacial score (nSPS) is 19.9. The third-order valence-corrected chi connectivity index (χ3v) is 4.17. The van der Waals surface area contributed by atoms with Crippen molar-refractivity contribution in [1.29, 1.82) is 0 Å².